The zero-order valence-electron chi connectivity index (χ0n) is 15.6. The molecule has 29 heavy (non-hydrogen) atoms. The second-order valence-electron chi connectivity index (χ2n) is 6.27. The smallest absolute Gasteiger partial charge is 0.303 e. The maximum absolute atomic E-state index is 11.7. The summed E-state index contributed by atoms with van der Waals surface area (Å²) in [5.74, 6) is -1.79. The minimum Gasteiger partial charge on any atom is -0.463 e. The lowest BCUT2D eigenvalue weighted by molar-refractivity contribution is -0.166. The molecular formula is C17H17Cl2N3O7. The largest absolute Gasteiger partial charge is 0.463 e. The van der Waals surface area contributed by atoms with Crippen LogP contribution < -0.4 is 0 Å². The van der Waals surface area contributed by atoms with Crippen molar-refractivity contribution in [3.05, 3.63) is 22.6 Å². The van der Waals surface area contributed by atoms with Crippen LogP contribution in [0.2, 0.25) is 10.2 Å². The summed E-state index contributed by atoms with van der Waals surface area (Å²) >= 11 is 12.2. The zero-order valence-corrected chi connectivity index (χ0v) is 17.1. The Bertz CT molecular complexity index is 964. The number of rotatable bonds is 5. The van der Waals surface area contributed by atoms with Crippen LogP contribution in [0.1, 0.15) is 27.0 Å². The third-order valence-corrected chi connectivity index (χ3v) is 4.55. The zero-order chi connectivity index (χ0) is 21.3. The Kier molecular flexibility index (Phi) is 6.25. The van der Waals surface area contributed by atoms with Crippen molar-refractivity contribution < 1.29 is 33.3 Å². The fourth-order valence-electron chi connectivity index (χ4n) is 3.04. The van der Waals surface area contributed by atoms with E-state index in [0.717, 1.165) is 0 Å². The van der Waals surface area contributed by atoms with Gasteiger partial charge in [-0.25, -0.2) is 9.97 Å². The molecule has 12 heteroatoms. The molecule has 10 nitrogen and oxygen atoms in total. The molecule has 0 bridgehead atoms. The number of hydrogen-bond donors (Lipinski definition) is 0. The molecule has 2 aromatic heterocycles. The number of fused-ring (bicyclic) bond motifs is 1. The lowest BCUT2D eigenvalue weighted by Gasteiger charge is -2.23. The molecule has 1 saturated heterocycles. The summed E-state index contributed by atoms with van der Waals surface area (Å²) in [6.07, 6.45) is -2.60. The first kappa shape index (κ1) is 21.3. The minimum atomic E-state index is -1.06. The molecule has 0 radical (unpaired) electrons. The molecule has 1 fully saturated rings. The fraction of sp³-hybridized carbons (Fsp3) is 0.471. The first-order chi connectivity index (χ1) is 13.7. The molecule has 1 aliphatic rings. The highest BCUT2D eigenvalue weighted by Crippen LogP contribution is 2.37. The second-order valence-corrected chi connectivity index (χ2v) is 7.06. The van der Waals surface area contributed by atoms with Gasteiger partial charge in [0.2, 0.25) is 0 Å². The molecule has 0 aromatic carbocycles. The Morgan fingerprint density at radius 3 is 2.38 bits per heavy atom. The van der Waals surface area contributed by atoms with Crippen molar-refractivity contribution in [1.82, 2.24) is 14.5 Å². The molecule has 2 aromatic rings. The number of pyridine rings is 1. The van der Waals surface area contributed by atoms with E-state index in [0.29, 0.717) is 5.52 Å². The first-order valence-electron chi connectivity index (χ1n) is 8.49. The van der Waals surface area contributed by atoms with Gasteiger partial charge in [-0.1, -0.05) is 23.2 Å². The topological polar surface area (TPSA) is 119 Å². The van der Waals surface area contributed by atoms with E-state index in [2.05, 4.69) is 9.97 Å². The van der Waals surface area contributed by atoms with Crippen LogP contribution in [0, 0.1) is 0 Å². The van der Waals surface area contributed by atoms with Gasteiger partial charge in [-0.05, 0) is 6.07 Å². The van der Waals surface area contributed by atoms with Crippen LogP contribution in [0.25, 0.3) is 11.2 Å². The molecule has 4 unspecified atom stereocenters. The van der Waals surface area contributed by atoms with Gasteiger partial charge in [0.25, 0.3) is 0 Å². The average Bonchev–Trinajstić information content (AvgIpc) is 3.15. The normalized spacial score (nSPS) is 23.8. The molecule has 0 N–H and O–H groups in total. The number of halogens is 2. The summed E-state index contributed by atoms with van der Waals surface area (Å²) in [6, 6.07) is 1.44. The van der Waals surface area contributed by atoms with Crippen molar-refractivity contribution in [2.24, 2.45) is 0 Å². The molecule has 0 aliphatic carbocycles. The standard InChI is InChI=1S/C17H17Cl2N3O7/c1-7(23)26-5-11-14(27-8(2)24)15(28-9(3)25)17(29-11)22-6-20-13-10(18)4-12(19)21-16(13)22/h4,6,11,14-15,17H,5H2,1-3H3. The van der Waals surface area contributed by atoms with Gasteiger partial charge in [0.05, 0.1) is 11.3 Å². The van der Waals surface area contributed by atoms with Gasteiger partial charge < -0.3 is 18.9 Å². The lowest BCUT2D eigenvalue weighted by atomic mass is 10.1. The summed E-state index contributed by atoms with van der Waals surface area (Å²) in [5, 5.41) is 0.396. The van der Waals surface area contributed by atoms with Crippen molar-refractivity contribution in [3.63, 3.8) is 0 Å². The highest BCUT2D eigenvalue weighted by Gasteiger charge is 2.51. The van der Waals surface area contributed by atoms with Gasteiger partial charge in [0, 0.05) is 20.8 Å². The van der Waals surface area contributed by atoms with E-state index in [1.807, 2.05) is 0 Å². The van der Waals surface area contributed by atoms with Gasteiger partial charge in [-0.3, -0.25) is 19.0 Å². The maximum Gasteiger partial charge on any atom is 0.303 e. The van der Waals surface area contributed by atoms with Crippen LogP contribution in [0.15, 0.2) is 12.4 Å². The predicted octanol–water partition coefficient (Wildman–Crippen LogP) is 2.06. The van der Waals surface area contributed by atoms with Crippen LogP contribution in [0.3, 0.4) is 0 Å². The number of hydrogen-bond acceptors (Lipinski definition) is 9. The van der Waals surface area contributed by atoms with E-state index in [1.54, 1.807) is 0 Å². The first-order valence-corrected chi connectivity index (χ1v) is 9.24. The van der Waals surface area contributed by atoms with E-state index in [9.17, 15) is 14.4 Å². The number of esters is 3. The van der Waals surface area contributed by atoms with Crippen molar-refractivity contribution in [2.45, 2.75) is 45.3 Å². The van der Waals surface area contributed by atoms with E-state index in [1.165, 1.54) is 37.7 Å². The molecule has 0 amide bonds. The Morgan fingerprint density at radius 2 is 1.76 bits per heavy atom. The van der Waals surface area contributed by atoms with E-state index in [4.69, 9.17) is 42.1 Å². The number of nitrogens with zero attached hydrogens (tertiary/aromatic N) is 3. The number of imidazole rings is 1. The van der Waals surface area contributed by atoms with Crippen LogP contribution in [-0.4, -0.2) is 57.4 Å². The number of ether oxygens (including phenoxy) is 4. The van der Waals surface area contributed by atoms with Gasteiger partial charge >= 0.3 is 17.9 Å². The molecule has 3 rings (SSSR count). The summed E-state index contributed by atoms with van der Waals surface area (Å²) < 4.78 is 23.1. The molecule has 0 saturated carbocycles. The molecule has 4 atom stereocenters. The van der Waals surface area contributed by atoms with Crippen molar-refractivity contribution in [2.75, 3.05) is 6.61 Å². The van der Waals surface area contributed by atoms with Crippen molar-refractivity contribution in [1.29, 1.82) is 0 Å². The summed E-state index contributed by atoms with van der Waals surface area (Å²) in [7, 11) is 0. The molecule has 1 aliphatic heterocycles. The van der Waals surface area contributed by atoms with Gasteiger partial charge in [0.15, 0.2) is 24.1 Å². The molecule has 0 spiro atoms. The number of aromatic nitrogens is 3. The van der Waals surface area contributed by atoms with Crippen LogP contribution >= 0.6 is 23.2 Å². The van der Waals surface area contributed by atoms with Crippen LogP contribution in [0.4, 0.5) is 0 Å². The van der Waals surface area contributed by atoms with Gasteiger partial charge in [-0.2, -0.15) is 0 Å². The monoisotopic (exact) mass is 445 g/mol. The van der Waals surface area contributed by atoms with E-state index in [-0.39, 0.29) is 22.4 Å². The number of carbonyl (C=O) groups excluding carboxylic acids is 3. The summed E-state index contributed by atoms with van der Waals surface area (Å²) in [5.41, 5.74) is 0.632. The quantitative estimate of drug-likeness (QED) is 0.386. The molecule has 3 heterocycles. The minimum absolute atomic E-state index is 0.124. The third-order valence-electron chi connectivity index (χ3n) is 4.07. The Balaban J connectivity index is 2.04. The lowest BCUT2D eigenvalue weighted by Crippen LogP contribution is -2.40. The SMILES string of the molecule is CC(=O)OCC1OC(n2cnc3c(Cl)cc(Cl)nc32)C(OC(C)=O)C1OC(C)=O. The van der Waals surface area contributed by atoms with E-state index < -0.39 is 42.4 Å². The van der Waals surface area contributed by atoms with Crippen LogP contribution in [-0.2, 0) is 33.3 Å². The summed E-state index contributed by atoms with van der Waals surface area (Å²) in [4.78, 5) is 43.0. The fourth-order valence-corrected chi connectivity index (χ4v) is 3.52. The highest BCUT2D eigenvalue weighted by atomic mass is 35.5. The Labute approximate surface area is 175 Å². The van der Waals surface area contributed by atoms with Gasteiger partial charge in [-0.15, -0.1) is 0 Å². The molecule has 156 valence electrons. The summed E-state index contributed by atoms with van der Waals surface area (Å²) in [6.45, 7) is 3.42. The van der Waals surface area contributed by atoms with Crippen molar-refractivity contribution in [3.8, 4) is 0 Å². The highest BCUT2D eigenvalue weighted by molar-refractivity contribution is 6.37. The van der Waals surface area contributed by atoms with Gasteiger partial charge in [0.1, 0.15) is 23.4 Å². The maximum atomic E-state index is 11.7. The van der Waals surface area contributed by atoms with Crippen LogP contribution in [0.5, 0.6) is 0 Å². The Morgan fingerprint density at radius 1 is 1.10 bits per heavy atom. The predicted molar refractivity (Wildman–Crippen MR) is 99.2 cm³/mol. The average molecular weight is 446 g/mol. The third kappa shape index (κ3) is 4.60. The number of carbonyl (C=O) groups is 3. The van der Waals surface area contributed by atoms with Crippen molar-refractivity contribution >= 4 is 52.3 Å². The Hall–Kier alpha value is -2.43. The second kappa shape index (κ2) is 8.52. The molecular weight excluding hydrogens is 429 g/mol. The van der Waals surface area contributed by atoms with E-state index >= 15 is 0 Å².